The minimum Gasteiger partial charge on any atom is -0.320 e. The second kappa shape index (κ2) is 8.12. The Labute approximate surface area is 161 Å². The van der Waals surface area contributed by atoms with E-state index in [2.05, 4.69) is 20.6 Å². The van der Waals surface area contributed by atoms with Crippen molar-refractivity contribution in [1.29, 1.82) is 0 Å². The molecule has 1 aromatic heterocycles. The van der Waals surface area contributed by atoms with Gasteiger partial charge in [-0.2, -0.15) is 0 Å². The van der Waals surface area contributed by atoms with Crippen molar-refractivity contribution in [3.05, 3.63) is 77.1 Å². The molecule has 0 spiro atoms. The van der Waals surface area contributed by atoms with Crippen LogP contribution < -0.4 is 10.6 Å². The summed E-state index contributed by atoms with van der Waals surface area (Å²) in [4.78, 5) is 20.9. The molecular weight excluding hydrogens is 362 g/mol. The predicted octanol–water partition coefficient (Wildman–Crippen LogP) is 5.18. The molecule has 1 amide bonds. The Morgan fingerprint density at radius 1 is 1.00 bits per heavy atom. The number of para-hydroxylation sites is 2. The normalized spacial score (nSPS) is 10.8. The summed E-state index contributed by atoms with van der Waals surface area (Å²) >= 11 is 0. The van der Waals surface area contributed by atoms with Gasteiger partial charge in [0.15, 0.2) is 0 Å². The van der Waals surface area contributed by atoms with E-state index in [9.17, 15) is 13.6 Å². The third-order valence-electron chi connectivity index (χ3n) is 4.12. The van der Waals surface area contributed by atoms with Gasteiger partial charge in [-0.15, -0.1) is 0 Å². The van der Waals surface area contributed by atoms with Gasteiger partial charge in [-0.1, -0.05) is 38.1 Å². The average molecular weight is 382 g/mol. The van der Waals surface area contributed by atoms with Gasteiger partial charge in [-0.25, -0.2) is 18.7 Å². The third-order valence-corrected chi connectivity index (χ3v) is 4.12. The fourth-order valence-electron chi connectivity index (χ4n) is 2.77. The van der Waals surface area contributed by atoms with E-state index >= 15 is 0 Å². The van der Waals surface area contributed by atoms with Gasteiger partial charge in [0.05, 0.1) is 0 Å². The second-order valence-corrected chi connectivity index (χ2v) is 6.64. The Kier molecular flexibility index (Phi) is 5.63. The van der Waals surface area contributed by atoms with E-state index in [1.165, 1.54) is 12.1 Å². The van der Waals surface area contributed by atoms with Crippen molar-refractivity contribution in [3.63, 3.8) is 0 Å². The lowest BCUT2D eigenvalue weighted by Crippen LogP contribution is -2.17. The number of hydrogen-bond acceptors (Lipinski definition) is 4. The highest BCUT2D eigenvalue weighted by atomic mass is 19.1. The number of hydrogen-bond donors (Lipinski definition) is 2. The van der Waals surface area contributed by atoms with Crippen LogP contribution in [0.1, 0.15) is 41.5 Å². The fraction of sp³-hybridized carbons (Fsp3) is 0.190. The van der Waals surface area contributed by atoms with Crippen molar-refractivity contribution < 1.29 is 13.6 Å². The minimum absolute atomic E-state index is 0.0636. The van der Waals surface area contributed by atoms with Crippen LogP contribution in [0.2, 0.25) is 0 Å². The molecule has 2 aromatic carbocycles. The number of benzene rings is 2. The van der Waals surface area contributed by atoms with Crippen LogP contribution in [-0.2, 0) is 0 Å². The summed E-state index contributed by atoms with van der Waals surface area (Å²) in [6, 6.07) is 12.5. The number of carbonyl (C=O) groups excluding carboxylic acids is 1. The van der Waals surface area contributed by atoms with E-state index in [0.29, 0.717) is 11.4 Å². The number of rotatable bonds is 5. The average Bonchev–Trinajstić information content (AvgIpc) is 2.64. The molecule has 0 atom stereocenters. The van der Waals surface area contributed by atoms with Crippen molar-refractivity contribution in [3.8, 4) is 0 Å². The standard InChI is InChI=1S/C21H20F2N4O/c1-12(2)14-7-4-5-10-17(14)25-20(28)18-11-13(3)24-21(26-18)27-19-15(22)8-6-9-16(19)23/h4-12H,1-3H3,(H,25,28)(H,24,26,27). The highest BCUT2D eigenvalue weighted by Crippen LogP contribution is 2.25. The van der Waals surface area contributed by atoms with Gasteiger partial charge >= 0.3 is 0 Å². The Balaban J connectivity index is 1.88. The summed E-state index contributed by atoms with van der Waals surface area (Å²) in [5, 5.41) is 5.36. The molecule has 1 heterocycles. The van der Waals surface area contributed by atoms with Gasteiger partial charge < -0.3 is 10.6 Å². The van der Waals surface area contributed by atoms with Crippen molar-refractivity contribution in [2.24, 2.45) is 0 Å². The second-order valence-electron chi connectivity index (χ2n) is 6.64. The van der Waals surface area contributed by atoms with Crippen LogP contribution in [0.3, 0.4) is 0 Å². The van der Waals surface area contributed by atoms with Crippen LogP contribution in [0.5, 0.6) is 0 Å². The number of nitrogens with one attached hydrogen (secondary N) is 2. The van der Waals surface area contributed by atoms with Gasteiger partial charge in [0.25, 0.3) is 5.91 Å². The third kappa shape index (κ3) is 4.31. The first-order valence-electron chi connectivity index (χ1n) is 8.82. The van der Waals surface area contributed by atoms with Crippen LogP contribution in [0.4, 0.5) is 26.1 Å². The smallest absolute Gasteiger partial charge is 0.274 e. The lowest BCUT2D eigenvalue weighted by Gasteiger charge is -2.14. The maximum absolute atomic E-state index is 13.9. The first kappa shape index (κ1) is 19.4. The molecule has 0 aliphatic rings. The van der Waals surface area contributed by atoms with E-state index < -0.39 is 17.5 Å². The molecule has 0 aliphatic carbocycles. The molecule has 5 nitrogen and oxygen atoms in total. The Bertz CT molecular complexity index is 1000. The number of carbonyl (C=O) groups is 1. The van der Waals surface area contributed by atoms with Gasteiger partial charge in [0.2, 0.25) is 5.95 Å². The number of aromatic nitrogens is 2. The van der Waals surface area contributed by atoms with Gasteiger partial charge in [-0.05, 0) is 42.7 Å². The molecule has 3 aromatic rings. The molecule has 0 radical (unpaired) electrons. The Morgan fingerprint density at radius 2 is 1.68 bits per heavy atom. The van der Waals surface area contributed by atoms with Crippen molar-refractivity contribution >= 4 is 23.2 Å². The molecule has 0 bridgehead atoms. The molecule has 144 valence electrons. The number of aryl methyl sites for hydroxylation is 1. The predicted molar refractivity (Wildman–Crippen MR) is 105 cm³/mol. The fourth-order valence-corrected chi connectivity index (χ4v) is 2.77. The van der Waals surface area contributed by atoms with Crippen LogP contribution in [0, 0.1) is 18.6 Å². The van der Waals surface area contributed by atoms with Gasteiger partial charge in [0.1, 0.15) is 23.0 Å². The SMILES string of the molecule is Cc1cc(C(=O)Nc2ccccc2C(C)C)nc(Nc2c(F)cccc2F)n1. The highest BCUT2D eigenvalue weighted by Gasteiger charge is 2.16. The van der Waals surface area contributed by atoms with E-state index in [0.717, 1.165) is 17.7 Å². The number of halogens is 2. The zero-order valence-corrected chi connectivity index (χ0v) is 15.8. The van der Waals surface area contributed by atoms with Crippen molar-refractivity contribution in [2.75, 3.05) is 10.6 Å². The lowest BCUT2D eigenvalue weighted by atomic mass is 10.0. The number of amides is 1. The van der Waals surface area contributed by atoms with Crippen LogP contribution in [0.15, 0.2) is 48.5 Å². The molecule has 28 heavy (non-hydrogen) atoms. The lowest BCUT2D eigenvalue weighted by molar-refractivity contribution is 0.102. The molecular formula is C21H20F2N4O. The van der Waals surface area contributed by atoms with Crippen LogP contribution in [0.25, 0.3) is 0 Å². The molecule has 3 rings (SSSR count). The molecule has 0 saturated heterocycles. The van der Waals surface area contributed by atoms with E-state index in [1.54, 1.807) is 6.92 Å². The summed E-state index contributed by atoms with van der Waals surface area (Å²) in [6.07, 6.45) is 0. The van der Waals surface area contributed by atoms with Crippen molar-refractivity contribution in [1.82, 2.24) is 9.97 Å². The summed E-state index contributed by atoms with van der Waals surface area (Å²) in [5.41, 5.74) is 1.88. The number of nitrogens with zero attached hydrogens (tertiary/aromatic N) is 2. The number of anilines is 3. The molecule has 0 aliphatic heterocycles. The Morgan fingerprint density at radius 3 is 2.36 bits per heavy atom. The zero-order chi connectivity index (χ0) is 20.3. The summed E-state index contributed by atoms with van der Waals surface area (Å²) in [7, 11) is 0. The van der Waals surface area contributed by atoms with E-state index in [-0.39, 0.29) is 23.2 Å². The molecule has 7 heteroatoms. The molecule has 0 unspecified atom stereocenters. The maximum atomic E-state index is 13.9. The first-order valence-corrected chi connectivity index (χ1v) is 8.82. The van der Waals surface area contributed by atoms with E-state index in [4.69, 9.17) is 0 Å². The summed E-state index contributed by atoms with van der Waals surface area (Å²) < 4.78 is 27.7. The topological polar surface area (TPSA) is 66.9 Å². The summed E-state index contributed by atoms with van der Waals surface area (Å²) in [6.45, 7) is 5.74. The van der Waals surface area contributed by atoms with Crippen LogP contribution in [-0.4, -0.2) is 15.9 Å². The van der Waals surface area contributed by atoms with E-state index in [1.807, 2.05) is 38.1 Å². The van der Waals surface area contributed by atoms with Gasteiger partial charge in [0, 0.05) is 11.4 Å². The molecule has 2 N–H and O–H groups in total. The Hall–Kier alpha value is -3.35. The monoisotopic (exact) mass is 382 g/mol. The molecule has 0 saturated carbocycles. The maximum Gasteiger partial charge on any atom is 0.274 e. The van der Waals surface area contributed by atoms with Gasteiger partial charge in [-0.3, -0.25) is 4.79 Å². The zero-order valence-electron chi connectivity index (χ0n) is 15.8. The largest absolute Gasteiger partial charge is 0.320 e. The van der Waals surface area contributed by atoms with Crippen LogP contribution >= 0.6 is 0 Å². The minimum atomic E-state index is -0.776. The summed E-state index contributed by atoms with van der Waals surface area (Å²) in [5.74, 6) is -1.82. The molecule has 0 fully saturated rings. The highest BCUT2D eigenvalue weighted by molar-refractivity contribution is 6.03. The first-order chi connectivity index (χ1) is 13.3. The van der Waals surface area contributed by atoms with Crippen molar-refractivity contribution in [2.45, 2.75) is 26.7 Å². The quantitative estimate of drug-likeness (QED) is 0.638.